The van der Waals surface area contributed by atoms with Crippen LogP contribution in [0.1, 0.15) is 24.7 Å². The molecule has 0 spiro atoms. The van der Waals surface area contributed by atoms with Gasteiger partial charge in [-0.15, -0.1) is 0 Å². The summed E-state index contributed by atoms with van der Waals surface area (Å²) in [5.41, 5.74) is 7.71. The number of nitrogens with two attached hydrogens (primary N) is 1. The highest BCUT2D eigenvalue weighted by Gasteiger charge is 2.11. The molecule has 90 valence electrons. The van der Waals surface area contributed by atoms with Crippen molar-refractivity contribution in [1.82, 2.24) is 10.1 Å². The molecular formula is C13H17N3O. The summed E-state index contributed by atoms with van der Waals surface area (Å²) in [5, 5.41) is 3.96. The smallest absolute Gasteiger partial charge is 0.258 e. The minimum Gasteiger partial charge on any atom is -0.334 e. The molecule has 0 aliphatic carbocycles. The van der Waals surface area contributed by atoms with Crippen LogP contribution in [0.15, 0.2) is 28.8 Å². The molecule has 4 nitrogen and oxygen atoms in total. The lowest BCUT2D eigenvalue weighted by Gasteiger charge is -2.01. The maximum atomic E-state index is 5.45. The molecule has 0 unspecified atom stereocenters. The van der Waals surface area contributed by atoms with Gasteiger partial charge in [0.1, 0.15) is 0 Å². The van der Waals surface area contributed by atoms with E-state index in [0.29, 0.717) is 12.4 Å². The molecule has 1 aromatic carbocycles. The van der Waals surface area contributed by atoms with Gasteiger partial charge in [-0.25, -0.2) is 0 Å². The second-order valence-electron chi connectivity index (χ2n) is 3.92. The summed E-state index contributed by atoms with van der Waals surface area (Å²) in [6, 6.07) is 8.10. The number of nitrogens with zero attached hydrogens (tertiary/aromatic N) is 2. The van der Waals surface area contributed by atoms with Crippen molar-refractivity contribution in [2.24, 2.45) is 5.73 Å². The molecule has 0 amide bonds. The number of rotatable bonds is 5. The van der Waals surface area contributed by atoms with Crippen molar-refractivity contribution >= 4 is 0 Å². The maximum absolute atomic E-state index is 5.45. The zero-order valence-electron chi connectivity index (χ0n) is 10.0. The van der Waals surface area contributed by atoms with Gasteiger partial charge in [-0.1, -0.05) is 30.3 Å². The van der Waals surface area contributed by atoms with Crippen LogP contribution in [0.25, 0.3) is 11.5 Å². The Morgan fingerprint density at radius 3 is 2.88 bits per heavy atom. The van der Waals surface area contributed by atoms with Gasteiger partial charge in [0.2, 0.25) is 0 Å². The molecule has 0 fully saturated rings. The van der Waals surface area contributed by atoms with Gasteiger partial charge in [-0.2, -0.15) is 4.98 Å². The van der Waals surface area contributed by atoms with Gasteiger partial charge < -0.3 is 10.3 Å². The Balaban J connectivity index is 2.24. The molecule has 0 saturated heterocycles. The molecule has 4 heteroatoms. The summed E-state index contributed by atoms with van der Waals surface area (Å²) >= 11 is 0. The van der Waals surface area contributed by atoms with Gasteiger partial charge in [-0.3, -0.25) is 0 Å². The summed E-state index contributed by atoms with van der Waals surface area (Å²) in [7, 11) is 0. The topological polar surface area (TPSA) is 64.9 Å². The van der Waals surface area contributed by atoms with Crippen molar-refractivity contribution in [3.05, 3.63) is 35.7 Å². The molecule has 2 rings (SSSR count). The van der Waals surface area contributed by atoms with Crippen LogP contribution in [0.2, 0.25) is 0 Å². The lowest BCUT2D eigenvalue weighted by molar-refractivity contribution is 0.421. The fourth-order valence-electron chi connectivity index (χ4n) is 1.76. The Morgan fingerprint density at radius 1 is 1.29 bits per heavy atom. The van der Waals surface area contributed by atoms with Gasteiger partial charge in [0, 0.05) is 12.0 Å². The molecular weight excluding hydrogens is 214 g/mol. The van der Waals surface area contributed by atoms with Crippen LogP contribution in [0, 0.1) is 0 Å². The molecule has 0 atom stereocenters. The molecule has 17 heavy (non-hydrogen) atoms. The van der Waals surface area contributed by atoms with E-state index in [1.165, 1.54) is 5.56 Å². The van der Waals surface area contributed by atoms with E-state index >= 15 is 0 Å². The van der Waals surface area contributed by atoms with Crippen molar-refractivity contribution in [3.63, 3.8) is 0 Å². The average Bonchev–Trinajstić information content (AvgIpc) is 2.85. The highest BCUT2D eigenvalue weighted by atomic mass is 16.5. The second kappa shape index (κ2) is 5.59. The number of aromatic nitrogens is 2. The van der Waals surface area contributed by atoms with Crippen LogP contribution < -0.4 is 5.73 Å². The minimum atomic E-state index is 0.606. The van der Waals surface area contributed by atoms with E-state index in [1.54, 1.807) is 0 Å². The van der Waals surface area contributed by atoms with Gasteiger partial charge in [-0.05, 0) is 31.0 Å². The zero-order valence-corrected chi connectivity index (χ0v) is 10.0. The van der Waals surface area contributed by atoms with Crippen LogP contribution in [0.4, 0.5) is 0 Å². The van der Waals surface area contributed by atoms with Gasteiger partial charge in [0.15, 0.2) is 5.82 Å². The number of hydrogen-bond acceptors (Lipinski definition) is 4. The first kappa shape index (κ1) is 11.8. The molecule has 0 saturated carbocycles. The fraction of sp³-hybridized carbons (Fsp3) is 0.385. The van der Waals surface area contributed by atoms with Gasteiger partial charge in [0.05, 0.1) is 0 Å². The summed E-state index contributed by atoms with van der Waals surface area (Å²) in [6.07, 6.45) is 2.61. The Kier molecular flexibility index (Phi) is 3.88. The van der Waals surface area contributed by atoms with Gasteiger partial charge in [0.25, 0.3) is 5.89 Å². The zero-order chi connectivity index (χ0) is 12.1. The summed E-state index contributed by atoms with van der Waals surface area (Å²) in [6.45, 7) is 2.76. The lowest BCUT2D eigenvalue weighted by Crippen LogP contribution is -2.01. The largest absolute Gasteiger partial charge is 0.334 e. The summed E-state index contributed by atoms with van der Waals surface area (Å²) in [4.78, 5) is 4.39. The molecule has 0 bridgehead atoms. The monoisotopic (exact) mass is 231 g/mol. The second-order valence-corrected chi connectivity index (χ2v) is 3.92. The quantitative estimate of drug-likeness (QED) is 0.856. The highest BCUT2D eigenvalue weighted by Crippen LogP contribution is 2.22. The fourth-order valence-corrected chi connectivity index (χ4v) is 1.76. The standard InChI is InChI=1S/C13H17N3O/c1-2-10-6-3-4-7-11(10)13-15-12(16-17-13)8-5-9-14/h3-4,6-7H,2,5,8-9,14H2,1H3. The first-order chi connectivity index (χ1) is 8.35. The molecule has 2 aromatic rings. The first-order valence-corrected chi connectivity index (χ1v) is 5.96. The van der Waals surface area contributed by atoms with Crippen LogP contribution >= 0.6 is 0 Å². The normalized spacial score (nSPS) is 10.7. The Morgan fingerprint density at radius 2 is 2.12 bits per heavy atom. The minimum absolute atomic E-state index is 0.606. The number of aryl methyl sites for hydroxylation is 2. The van der Waals surface area contributed by atoms with Crippen LogP contribution in [-0.2, 0) is 12.8 Å². The van der Waals surface area contributed by atoms with E-state index in [9.17, 15) is 0 Å². The van der Waals surface area contributed by atoms with Crippen LogP contribution in [0.3, 0.4) is 0 Å². The molecule has 2 N–H and O–H groups in total. The Bertz CT molecular complexity index is 479. The molecule has 0 aliphatic heterocycles. The predicted octanol–water partition coefficient (Wildman–Crippen LogP) is 2.19. The Hall–Kier alpha value is -1.68. The SMILES string of the molecule is CCc1ccccc1-c1nc(CCCN)no1. The van der Waals surface area contributed by atoms with E-state index < -0.39 is 0 Å². The molecule has 0 radical (unpaired) electrons. The summed E-state index contributed by atoms with van der Waals surface area (Å²) in [5.74, 6) is 1.34. The van der Waals surface area contributed by atoms with Crippen LogP contribution in [-0.4, -0.2) is 16.7 Å². The first-order valence-electron chi connectivity index (χ1n) is 5.96. The van der Waals surface area contributed by atoms with Gasteiger partial charge >= 0.3 is 0 Å². The molecule has 0 aliphatic rings. The van der Waals surface area contributed by atoms with Crippen molar-refractivity contribution in [3.8, 4) is 11.5 Å². The van der Waals surface area contributed by atoms with E-state index in [2.05, 4.69) is 23.1 Å². The van der Waals surface area contributed by atoms with E-state index in [1.807, 2.05) is 18.2 Å². The van der Waals surface area contributed by atoms with Crippen LogP contribution in [0.5, 0.6) is 0 Å². The molecule has 1 aromatic heterocycles. The van der Waals surface area contributed by atoms with Crippen molar-refractivity contribution in [2.75, 3.05) is 6.54 Å². The average molecular weight is 231 g/mol. The third kappa shape index (κ3) is 2.71. The third-order valence-corrected chi connectivity index (χ3v) is 2.70. The lowest BCUT2D eigenvalue weighted by atomic mass is 10.1. The third-order valence-electron chi connectivity index (χ3n) is 2.70. The van der Waals surface area contributed by atoms with Crippen molar-refractivity contribution < 1.29 is 4.52 Å². The van der Waals surface area contributed by atoms with E-state index in [-0.39, 0.29) is 0 Å². The molecule has 1 heterocycles. The number of hydrogen-bond donors (Lipinski definition) is 1. The van der Waals surface area contributed by atoms with Crippen molar-refractivity contribution in [2.45, 2.75) is 26.2 Å². The van der Waals surface area contributed by atoms with Crippen molar-refractivity contribution in [1.29, 1.82) is 0 Å². The van der Waals surface area contributed by atoms with E-state index in [0.717, 1.165) is 30.7 Å². The highest BCUT2D eigenvalue weighted by molar-refractivity contribution is 5.58. The number of benzene rings is 1. The maximum Gasteiger partial charge on any atom is 0.258 e. The Labute approximate surface area is 101 Å². The summed E-state index contributed by atoms with van der Waals surface area (Å²) < 4.78 is 5.29. The predicted molar refractivity (Wildman–Crippen MR) is 66.5 cm³/mol. The van der Waals surface area contributed by atoms with E-state index in [4.69, 9.17) is 10.3 Å².